The van der Waals surface area contributed by atoms with Crippen LogP contribution in [-0.4, -0.2) is 17.9 Å². The van der Waals surface area contributed by atoms with E-state index in [1.54, 1.807) is 31.2 Å². The van der Waals surface area contributed by atoms with Crippen LogP contribution >= 0.6 is 11.8 Å². The van der Waals surface area contributed by atoms with Gasteiger partial charge in [-0.3, -0.25) is 14.7 Å². The largest absolute Gasteiger partial charge is 0.294 e. The molecule has 0 fully saturated rings. The van der Waals surface area contributed by atoms with Crippen LogP contribution < -0.4 is 0 Å². The summed E-state index contributed by atoms with van der Waals surface area (Å²) in [5, 5.41) is 10.6. The number of benzene rings is 2. The highest BCUT2D eigenvalue weighted by Crippen LogP contribution is 2.34. The summed E-state index contributed by atoms with van der Waals surface area (Å²) < 4.78 is 32.1. The molecule has 2 aromatic carbocycles. The average Bonchev–Trinajstić information content (AvgIpc) is 2.46. The minimum atomic E-state index is -4.28. The molecule has 2 aromatic rings. The van der Waals surface area contributed by atoms with Crippen molar-refractivity contribution in [2.75, 3.05) is 0 Å². The minimum Gasteiger partial charge on any atom is -0.282 e. The molecule has 0 aromatic heterocycles. The highest BCUT2D eigenvalue weighted by molar-refractivity contribution is 7.99. The van der Waals surface area contributed by atoms with Crippen LogP contribution in [0.5, 0.6) is 0 Å². The molecule has 0 spiro atoms. The van der Waals surface area contributed by atoms with Gasteiger partial charge in [-0.15, -0.1) is 0 Å². The molecule has 116 valence electrons. The molecule has 0 bridgehead atoms. The number of non-ortho nitro benzene ring substituents is 1. The molecule has 22 heavy (non-hydrogen) atoms. The summed E-state index contributed by atoms with van der Waals surface area (Å²) in [6, 6.07) is 10.6. The van der Waals surface area contributed by atoms with Crippen molar-refractivity contribution in [1.82, 2.24) is 0 Å². The van der Waals surface area contributed by atoms with E-state index in [9.17, 15) is 23.1 Å². The third kappa shape index (κ3) is 3.65. The van der Waals surface area contributed by atoms with E-state index in [2.05, 4.69) is 0 Å². The Labute approximate surface area is 132 Å². The summed E-state index contributed by atoms with van der Waals surface area (Å²) in [4.78, 5) is 11.5. The Morgan fingerprint density at radius 1 is 1.18 bits per heavy atom. The number of nitro benzene ring substituents is 1. The molecule has 0 atom stereocenters. The van der Waals surface area contributed by atoms with E-state index in [1.165, 1.54) is 30.0 Å². The van der Waals surface area contributed by atoms with Crippen molar-refractivity contribution in [1.29, 1.82) is 0 Å². The smallest absolute Gasteiger partial charge is 0.282 e. The van der Waals surface area contributed by atoms with Gasteiger partial charge in [0.25, 0.3) is 15.8 Å². The van der Waals surface area contributed by atoms with Crippen LogP contribution in [0.1, 0.15) is 12.5 Å². The zero-order valence-corrected chi connectivity index (χ0v) is 13.2. The predicted molar refractivity (Wildman–Crippen MR) is 82.9 cm³/mol. The molecule has 0 aliphatic rings. The predicted octanol–water partition coefficient (Wildman–Crippen LogP) is 3.56. The third-order valence-corrected chi connectivity index (χ3v) is 5.05. The van der Waals surface area contributed by atoms with Crippen LogP contribution in [-0.2, 0) is 16.5 Å². The van der Waals surface area contributed by atoms with Gasteiger partial charge in [0.2, 0.25) is 0 Å². The van der Waals surface area contributed by atoms with E-state index in [0.29, 0.717) is 16.9 Å². The first-order chi connectivity index (χ1) is 10.3. The molecular weight excluding hydrogens is 326 g/mol. The first kappa shape index (κ1) is 16.5. The van der Waals surface area contributed by atoms with Gasteiger partial charge in [-0.1, -0.05) is 24.8 Å². The first-order valence-electron chi connectivity index (χ1n) is 6.34. The standard InChI is InChI=1S/C14H13NO5S2/c1-2-12-13(4-3-5-14(12)22(18,19)20)21-11-8-6-10(7-9-11)15(16)17/h3-9H,2H2,1H3,(H,18,19,20). The highest BCUT2D eigenvalue weighted by Gasteiger charge is 2.17. The quantitative estimate of drug-likeness (QED) is 0.508. The maximum atomic E-state index is 11.4. The first-order valence-corrected chi connectivity index (χ1v) is 8.60. The number of rotatable bonds is 5. The lowest BCUT2D eigenvalue weighted by Crippen LogP contribution is -2.03. The van der Waals surface area contributed by atoms with Gasteiger partial charge < -0.3 is 0 Å². The van der Waals surface area contributed by atoms with E-state index in [1.807, 2.05) is 0 Å². The van der Waals surface area contributed by atoms with Gasteiger partial charge in [0, 0.05) is 21.9 Å². The van der Waals surface area contributed by atoms with Crippen molar-refractivity contribution in [3.63, 3.8) is 0 Å². The van der Waals surface area contributed by atoms with Gasteiger partial charge in [-0.25, -0.2) is 0 Å². The van der Waals surface area contributed by atoms with Gasteiger partial charge in [-0.05, 0) is 36.2 Å². The van der Waals surface area contributed by atoms with E-state index < -0.39 is 15.0 Å². The maximum absolute atomic E-state index is 11.4. The van der Waals surface area contributed by atoms with Gasteiger partial charge in [-0.2, -0.15) is 8.42 Å². The van der Waals surface area contributed by atoms with Crippen molar-refractivity contribution in [3.05, 3.63) is 58.1 Å². The van der Waals surface area contributed by atoms with Crippen LogP contribution in [0.15, 0.2) is 57.2 Å². The molecule has 0 heterocycles. The third-order valence-electron chi connectivity index (χ3n) is 3.00. The summed E-state index contributed by atoms with van der Waals surface area (Å²) in [7, 11) is -4.28. The van der Waals surface area contributed by atoms with E-state index >= 15 is 0 Å². The molecule has 1 N–H and O–H groups in total. The molecule has 0 aliphatic heterocycles. The Bertz CT molecular complexity index is 800. The van der Waals surface area contributed by atoms with Gasteiger partial charge in [0.1, 0.15) is 0 Å². The Hall–Kier alpha value is -1.90. The van der Waals surface area contributed by atoms with E-state index in [4.69, 9.17) is 0 Å². The molecule has 2 rings (SSSR count). The molecule has 0 saturated heterocycles. The average molecular weight is 339 g/mol. The van der Waals surface area contributed by atoms with Crippen LogP contribution in [0.2, 0.25) is 0 Å². The monoisotopic (exact) mass is 339 g/mol. The summed E-state index contributed by atoms with van der Waals surface area (Å²) in [5.74, 6) is 0. The van der Waals surface area contributed by atoms with Crippen LogP contribution in [0.3, 0.4) is 0 Å². The molecule has 0 unspecified atom stereocenters. The Morgan fingerprint density at radius 2 is 1.82 bits per heavy atom. The molecule has 0 saturated carbocycles. The molecule has 6 nitrogen and oxygen atoms in total. The maximum Gasteiger partial charge on any atom is 0.294 e. The number of hydrogen-bond acceptors (Lipinski definition) is 5. The van der Waals surface area contributed by atoms with Crippen LogP contribution in [0.4, 0.5) is 5.69 Å². The van der Waals surface area contributed by atoms with Gasteiger partial charge in [0.05, 0.1) is 9.82 Å². The molecule has 0 amide bonds. The van der Waals surface area contributed by atoms with E-state index in [-0.39, 0.29) is 10.6 Å². The van der Waals surface area contributed by atoms with Crippen LogP contribution in [0, 0.1) is 10.1 Å². The second kappa shape index (κ2) is 6.47. The fourth-order valence-corrected chi connectivity index (χ4v) is 3.93. The zero-order chi connectivity index (χ0) is 16.3. The fraction of sp³-hybridized carbons (Fsp3) is 0.143. The van der Waals surface area contributed by atoms with Crippen molar-refractivity contribution >= 4 is 27.6 Å². The van der Waals surface area contributed by atoms with Crippen molar-refractivity contribution < 1.29 is 17.9 Å². The van der Waals surface area contributed by atoms with Crippen molar-refractivity contribution in [3.8, 4) is 0 Å². The number of hydrogen-bond donors (Lipinski definition) is 1. The second-order valence-electron chi connectivity index (χ2n) is 4.41. The van der Waals surface area contributed by atoms with Crippen LogP contribution in [0.25, 0.3) is 0 Å². The zero-order valence-electron chi connectivity index (χ0n) is 11.6. The number of nitrogens with zero attached hydrogens (tertiary/aromatic N) is 1. The lowest BCUT2D eigenvalue weighted by Gasteiger charge is -2.11. The molecular formula is C14H13NO5S2. The topological polar surface area (TPSA) is 97.5 Å². The number of nitro groups is 1. The second-order valence-corrected chi connectivity index (χ2v) is 6.92. The molecule has 0 aliphatic carbocycles. The summed E-state index contributed by atoms with van der Waals surface area (Å²) >= 11 is 1.29. The molecule has 0 radical (unpaired) electrons. The van der Waals surface area contributed by atoms with E-state index in [0.717, 1.165) is 4.90 Å². The van der Waals surface area contributed by atoms with Crippen molar-refractivity contribution in [2.45, 2.75) is 28.0 Å². The lowest BCUT2D eigenvalue weighted by atomic mass is 10.2. The van der Waals surface area contributed by atoms with Crippen molar-refractivity contribution in [2.24, 2.45) is 0 Å². The fourth-order valence-electron chi connectivity index (χ4n) is 1.99. The Balaban J connectivity index is 2.39. The lowest BCUT2D eigenvalue weighted by molar-refractivity contribution is -0.384. The molecule has 8 heteroatoms. The van der Waals surface area contributed by atoms with Gasteiger partial charge in [0.15, 0.2) is 0 Å². The SMILES string of the molecule is CCc1c(Sc2ccc([N+](=O)[O-])cc2)cccc1S(=O)(=O)O. The summed E-state index contributed by atoms with van der Waals surface area (Å²) in [5.41, 5.74) is 0.514. The minimum absolute atomic E-state index is 0.00764. The Kier molecular flexibility index (Phi) is 4.84. The highest BCUT2D eigenvalue weighted by atomic mass is 32.2. The summed E-state index contributed by atoms with van der Waals surface area (Å²) in [6.45, 7) is 1.80. The summed E-state index contributed by atoms with van der Waals surface area (Å²) in [6.07, 6.45) is 0.436. The van der Waals surface area contributed by atoms with Gasteiger partial charge >= 0.3 is 0 Å². The Morgan fingerprint density at radius 3 is 2.32 bits per heavy atom. The normalized spacial score (nSPS) is 11.4.